The number of hydrogen-bond donors (Lipinski definition) is 0. The SMILES string of the molecule is CC(=O)OC[C@@H](C)[C@H]1CC[C@H]2C3CCC4=CC(=O)CCC4(C)[C@H]3CCC12C. The van der Waals surface area contributed by atoms with Gasteiger partial charge in [0.15, 0.2) is 5.78 Å². The van der Waals surface area contributed by atoms with E-state index in [2.05, 4.69) is 20.8 Å². The standard InChI is InChI=1S/C24H36O3/c1-15(14-27-16(2)25)20-7-8-21-19-6-5-17-13-18(26)9-11-23(17,3)22(19)10-12-24(20,21)4/h13,15,19-22H,5-12,14H2,1-4H3/t15-,19?,20-,21+,22+,23?,24?/m1/s1. The van der Waals surface area contributed by atoms with Crippen molar-refractivity contribution >= 4 is 11.8 Å². The van der Waals surface area contributed by atoms with Crippen LogP contribution in [0.1, 0.15) is 79.1 Å². The van der Waals surface area contributed by atoms with Crippen molar-refractivity contribution in [3.63, 3.8) is 0 Å². The molecular weight excluding hydrogens is 336 g/mol. The maximum atomic E-state index is 12.0. The molecule has 27 heavy (non-hydrogen) atoms. The lowest BCUT2D eigenvalue weighted by molar-refractivity contribution is -0.143. The molecule has 0 saturated heterocycles. The van der Waals surface area contributed by atoms with Crippen LogP contribution in [0.2, 0.25) is 0 Å². The molecule has 150 valence electrons. The first-order chi connectivity index (χ1) is 12.8. The highest BCUT2D eigenvalue weighted by Crippen LogP contribution is 2.67. The predicted octanol–water partition coefficient (Wildman–Crippen LogP) is 5.33. The van der Waals surface area contributed by atoms with E-state index in [1.807, 2.05) is 6.08 Å². The molecule has 0 aromatic carbocycles. The number of rotatable bonds is 3. The van der Waals surface area contributed by atoms with Gasteiger partial charge < -0.3 is 4.74 Å². The summed E-state index contributed by atoms with van der Waals surface area (Å²) in [6, 6.07) is 0. The molecule has 0 aromatic heterocycles. The van der Waals surface area contributed by atoms with Crippen molar-refractivity contribution in [2.45, 2.75) is 79.1 Å². The highest BCUT2D eigenvalue weighted by Gasteiger charge is 2.59. The minimum absolute atomic E-state index is 0.156. The van der Waals surface area contributed by atoms with Crippen molar-refractivity contribution in [2.75, 3.05) is 6.61 Å². The lowest BCUT2D eigenvalue weighted by atomic mass is 9.46. The Morgan fingerprint density at radius 2 is 1.93 bits per heavy atom. The van der Waals surface area contributed by atoms with E-state index in [9.17, 15) is 9.59 Å². The van der Waals surface area contributed by atoms with Gasteiger partial charge in [0.05, 0.1) is 6.61 Å². The predicted molar refractivity (Wildman–Crippen MR) is 106 cm³/mol. The molecule has 0 aliphatic heterocycles. The summed E-state index contributed by atoms with van der Waals surface area (Å²) in [6.07, 6.45) is 11.4. The van der Waals surface area contributed by atoms with E-state index < -0.39 is 0 Å². The third-order valence-corrected chi connectivity index (χ3v) is 9.27. The molecular formula is C24H36O3. The average molecular weight is 373 g/mol. The van der Waals surface area contributed by atoms with E-state index >= 15 is 0 Å². The summed E-state index contributed by atoms with van der Waals surface area (Å²) in [6.45, 7) is 9.36. The van der Waals surface area contributed by atoms with Crippen molar-refractivity contribution in [3.05, 3.63) is 11.6 Å². The largest absolute Gasteiger partial charge is 0.466 e. The second-order valence-electron chi connectivity index (χ2n) is 10.5. The number of hydrogen-bond acceptors (Lipinski definition) is 3. The van der Waals surface area contributed by atoms with Crippen molar-refractivity contribution < 1.29 is 14.3 Å². The van der Waals surface area contributed by atoms with Crippen LogP contribution in [0, 0.1) is 40.4 Å². The van der Waals surface area contributed by atoms with Gasteiger partial charge in [0.2, 0.25) is 0 Å². The Kier molecular flexibility index (Phi) is 4.79. The molecule has 0 radical (unpaired) electrons. The topological polar surface area (TPSA) is 43.4 Å². The van der Waals surface area contributed by atoms with Crippen molar-refractivity contribution in [2.24, 2.45) is 40.4 Å². The number of esters is 1. The van der Waals surface area contributed by atoms with Crippen LogP contribution in [-0.2, 0) is 14.3 Å². The summed E-state index contributed by atoms with van der Waals surface area (Å²) in [4.78, 5) is 23.2. The summed E-state index contributed by atoms with van der Waals surface area (Å²) in [5, 5.41) is 0. The zero-order valence-electron chi connectivity index (χ0n) is 17.6. The molecule has 0 bridgehead atoms. The van der Waals surface area contributed by atoms with E-state index in [1.165, 1.54) is 44.6 Å². The maximum Gasteiger partial charge on any atom is 0.302 e. The van der Waals surface area contributed by atoms with E-state index in [4.69, 9.17) is 4.74 Å². The Labute approximate surface area is 164 Å². The monoisotopic (exact) mass is 372 g/mol. The molecule has 3 saturated carbocycles. The minimum atomic E-state index is -0.156. The van der Waals surface area contributed by atoms with Gasteiger partial charge in [-0.15, -0.1) is 0 Å². The number of ether oxygens (including phenoxy) is 1. The number of fused-ring (bicyclic) bond motifs is 5. The van der Waals surface area contributed by atoms with Gasteiger partial charge in [-0.3, -0.25) is 9.59 Å². The third kappa shape index (κ3) is 3.00. The van der Waals surface area contributed by atoms with Crippen LogP contribution in [0.3, 0.4) is 0 Å². The zero-order chi connectivity index (χ0) is 19.4. The fraction of sp³-hybridized carbons (Fsp3) is 0.833. The van der Waals surface area contributed by atoms with Crippen LogP contribution >= 0.6 is 0 Å². The minimum Gasteiger partial charge on any atom is -0.466 e. The first-order valence-electron chi connectivity index (χ1n) is 11.1. The molecule has 4 aliphatic rings. The second-order valence-corrected chi connectivity index (χ2v) is 10.5. The van der Waals surface area contributed by atoms with Crippen molar-refractivity contribution in [3.8, 4) is 0 Å². The van der Waals surface area contributed by atoms with Gasteiger partial charge in [0.25, 0.3) is 0 Å². The fourth-order valence-electron chi connectivity index (χ4n) is 7.90. The summed E-state index contributed by atoms with van der Waals surface area (Å²) in [7, 11) is 0. The van der Waals surface area contributed by atoms with Gasteiger partial charge in [-0.05, 0) is 91.4 Å². The van der Waals surface area contributed by atoms with Gasteiger partial charge >= 0.3 is 5.97 Å². The fourth-order valence-corrected chi connectivity index (χ4v) is 7.90. The second kappa shape index (κ2) is 6.74. The third-order valence-electron chi connectivity index (χ3n) is 9.27. The van der Waals surface area contributed by atoms with E-state index in [1.54, 1.807) is 0 Å². The van der Waals surface area contributed by atoms with Gasteiger partial charge in [-0.1, -0.05) is 26.3 Å². The van der Waals surface area contributed by atoms with Crippen LogP contribution in [0.4, 0.5) is 0 Å². The Morgan fingerprint density at radius 1 is 1.15 bits per heavy atom. The van der Waals surface area contributed by atoms with E-state index in [-0.39, 0.29) is 11.4 Å². The summed E-state index contributed by atoms with van der Waals surface area (Å²) in [5.41, 5.74) is 2.11. The Hall–Kier alpha value is -1.12. The molecule has 0 spiro atoms. The van der Waals surface area contributed by atoms with Crippen LogP contribution in [-0.4, -0.2) is 18.4 Å². The average Bonchev–Trinajstić information content (AvgIpc) is 2.97. The maximum absolute atomic E-state index is 12.0. The molecule has 0 aromatic rings. The van der Waals surface area contributed by atoms with Crippen LogP contribution < -0.4 is 0 Å². The van der Waals surface area contributed by atoms with E-state index in [0.717, 1.165) is 37.0 Å². The zero-order valence-corrected chi connectivity index (χ0v) is 17.6. The molecule has 3 fully saturated rings. The Morgan fingerprint density at radius 3 is 2.67 bits per heavy atom. The molecule has 3 nitrogen and oxygen atoms in total. The van der Waals surface area contributed by atoms with Gasteiger partial charge in [0, 0.05) is 13.3 Å². The van der Waals surface area contributed by atoms with E-state index in [0.29, 0.717) is 29.6 Å². The molecule has 7 atom stereocenters. The van der Waals surface area contributed by atoms with Gasteiger partial charge in [-0.25, -0.2) is 0 Å². The highest BCUT2D eigenvalue weighted by molar-refractivity contribution is 5.91. The molecule has 0 heterocycles. The van der Waals surface area contributed by atoms with Gasteiger partial charge in [-0.2, -0.15) is 0 Å². The quantitative estimate of drug-likeness (QED) is 0.629. The van der Waals surface area contributed by atoms with Crippen LogP contribution in [0.5, 0.6) is 0 Å². The number of ketones is 1. The molecule has 0 N–H and O–H groups in total. The smallest absolute Gasteiger partial charge is 0.302 e. The molecule has 3 unspecified atom stereocenters. The Bertz CT molecular complexity index is 665. The first kappa shape index (κ1) is 19.2. The van der Waals surface area contributed by atoms with Crippen LogP contribution in [0.15, 0.2) is 11.6 Å². The highest BCUT2D eigenvalue weighted by atomic mass is 16.5. The normalized spacial score (nSPS) is 44.6. The number of carbonyl (C=O) groups is 2. The molecule has 3 heteroatoms. The van der Waals surface area contributed by atoms with Crippen molar-refractivity contribution in [1.82, 2.24) is 0 Å². The first-order valence-corrected chi connectivity index (χ1v) is 11.1. The number of allylic oxidation sites excluding steroid dienone is 1. The Balaban J connectivity index is 1.55. The molecule has 0 amide bonds. The van der Waals surface area contributed by atoms with Crippen molar-refractivity contribution in [1.29, 1.82) is 0 Å². The van der Waals surface area contributed by atoms with Gasteiger partial charge in [0.1, 0.15) is 0 Å². The molecule has 4 rings (SSSR count). The van der Waals surface area contributed by atoms with Crippen LogP contribution in [0.25, 0.3) is 0 Å². The lowest BCUT2D eigenvalue weighted by Crippen LogP contribution is -2.51. The number of carbonyl (C=O) groups excluding carboxylic acids is 2. The summed E-state index contributed by atoms with van der Waals surface area (Å²) < 4.78 is 5.37. The molecule has 4 aliphatic carbocycles. The summed E-state index contributed by atoms with van der Waals surface area (Å²) in [5.74, 6) is 3.68. The lowest BCUT2D eigenvalue weighted by Gasteiger charge is -2.58. The summed E-state index contributed by atoms with van der Waals surface area (Å²) >= 11 is 0.